The summed E-state index contributed by atoms with van der Waals surface area (Å²) < 4.78 is 18.2. The summed E-state index contributed by atoms with van der Waals surface area (Å²) in [5.74, 6) is 2.44. The zero-order valence-electron chi connectivity index (χ0n) is 17.3. The van der Waals surface area contributed by atoms with Crippen molar-refractivity contribution in [3.05, 3.63) is 42.0 Å². The van der Waals surface area contributed by atoms with Gasteiger partial charge in [-0.1, -0.05) is 18.2 Å². The molecular weight excluding hydrogens is 338 g/mol. The van der Waals surface area contributed by atoms with E-state index in [4.69, 9.17) is 14.2 Å². The van der Waals surface area contributed by atoms with E-state index in [1.807, 2.05) is 13.0 Å². The third kappa shape index (κ3) is 3.96. The molecule has 0 aromatic heterocycles. The van der Waals surface area contributed by atoms with Crippen LogP contribution in [-0.2, 0) is 6.42 Å². The molecule has 0 N–H and O–H groups in total. The van der Waals surface area contributed by atoms with E-state index in [1.54, 1.807) is 14.2 Å². The number of hydrogen-bond donors (Lipinski definition) is 0. The van der Waals surface area contributed by atoms with Gasteiger partial charge in [0.2, 0.25) is 0 Å². The van der Waals surface area contributed by atoms with Crippen molar-refractivity contribution in [2.75, 3.05) is 48.5 Å². The molecule has 27 heavy (non-hydrogen) atoms. The minimum Gasteiger partial charge on any atom is -0.493 e. The molecule has 0 saturated heterocycles. The van der Waals surface area contributed by atoms with E-state index in [0.29, 0.717) is 6.61 Å². The third-order valence-corrected chi connectivity index (χ3v) is 4.85. The van der Waals surface area contributed by atoms with Crippen molar-refractivity contribution in [1.29, 1.82) is 0 Å². The summed E-state index contributed by atoms with van der Waals surface area (Å²) in [7, 11) is 10.0. The highest BCUT2D eigenvalue weighted by atomic mass is 16.5. The van der Waals surface area contributed by atoms with Crippen LogP contribution in [0, 0.1) is 0 Å². The van der Waals surface area contributed by atoms with Crippen LogP contribution in [0.25, 0.3) is 21.5 Å². The zero-order valence-corrected chi connectivity index (χ0v) is 17.3. The summed E-state index contributed by atoms with van der Waals surface area (Å²) >= 11 is 0. The molecule has 0 radical (unpaired) electrons. The lowest BCUT2D eigenvalue weighted by Gasteiger charge is -2.24. The van der Waals surface area contributed by atoms with Gasteiger partial charge in [-0.3, -0.25) is 0 Å². The first-order valence-corrected chi connectivity index (χ1v) is 9.41. The predicted octanol–water partition coefficient (Wildman–Crippen LogP) is 4.66. The Morgan fingerprint density at radius 1 is 0.852 bits per heavy atom. The van der Waals surface area contributed by atoms with E-state index in [9.17, 15) is 0 Å². The summed E-state index contributed by atoms with van der Waals surface area (Å²) in [6, 6.07) is 12.7. The number of fused-ring (bicyclic) bond motifs is 3. The first kappa shape index (κ1) is 19.3. The van der Waals surface area contributed by atoms with Gasteiger partial charge >= 0.3 is 0 Å². The molecule has 3 aromatic carbocycles. The number of likely N-dealkylation sites (N-methyl/N-ethyl adjacent to an activating group) is 1. The van der Waals surface area contributed by atoms with Crippen molar-refractivity contribution in [2.45, 2.75) is 13.3 Å². The van der Waals surface area contributed by atoms with E-state index >= 15 is 0 Å². The first-order chi connectivity index (χ1) is 12.9. The molecule has 0 atom stereocenters. The number of methoxy groups -OCH3 is 2. The molecule has 0 bridgehead atoms. The highest BCUT2D eigenvalue weighted by Gasteiger charge is 2.16. The van der Waals surface area contributed by atoms with Crippen LogP contribution < -0.4 is 14.2 Å². The van der Waals surface area contributed by atoms with Crippen molar-refractivity contribution in [1.82, 2.24) is 0 Å². The summed E-state index contributed by atoms with van der Waals surface area (Å²) in [5, 5.41) is 4.45. The molecule has 3 rings (SSSR count). The fraction of sp³-hybridized carbons (Fsp3) is 0.391. The average Bonchev–Trinajstić information content (AvgIpc) is 2.64. The standard InChI is InChI=1S/C23H30NO3/c1-7-27-21-15-16(12-13-24(2,3)4)14-19-18(21)10-8-17-9-11-20(25-5)23(26-6)22(17)19/h8-11,14-15H,7,12-13H2,1-6H3/q+1. The highest BCUT2D eigenvalue weighted by molar-refractivity contribution is 6.13. The number of hydrogen-bond acceptors (Lipinski definition) is 3. The van der Waals surface area contributed by atoms with Crippen molar-refractivity contribution in [3.8, 4) is 17.2 Å². The maximum atomic E-state index is 5.99. The van der Waals surface area contributed by atoms with Gasteiger partial charge in [0.05, 0.1) is 48.5 Å². The Bertz CT molecular complexity index is 957. The maximum Gasteiger partial charge on any atom is 0.169 e. The van der Waals surface area contributed by atoms with Gasteiger partial charge in [-0.25, -0.2) is 0 Å². The van der Waals surface area contributed by atoms with Gasteiger partial charge in [0.25, 0.3) is 0 Å². The molecule has 4 nitrogen and oxygen atoms in total. The Morgan fingerprint density at radius 3 is 2.22 bits per heavy atom. The smallest absolute Gasteiger partial charge is 0.169 e. The number of rotatable bonds is 7. The fourth-order valence-corrected chi connectivity index (χ4v) is 3.48. The molecule has 0 aliphatic heterocycles. The van der Waals surface area contributed by atoms with E-state index in [-0.39, 0.29) is 0 Å². The summed E-state index contributed by atoms with van der Waals surface area (Å²) in [5.41, 5.74) is 1.27. The molecule has 0 aliphatic rings. The largest absolute Gasteiger partial charge is 0.493 e. The molecule has 0 saturated carbocycles. The minimum atomic E-state index is 0.640. The van der Waals surface area contributed by atoms with E-state index < -0.39 is 0 Å². The minimum absolute atomic E-state index is 0.640. The Hall–Kier alpha value is -2.46. The second kappa shape index (κ2) is 7.65. The number of ether oxygens (including phenoxy) is 3. The van der Waals surface area contributed by atoms with Gasteiger partial charge in [-0.05, 0) is 41.5 Å². The van der Waals surface area contributed by atoms with Gasteiger partial charge in [-0.15, -0.1) is 0 Å². The Kier molecular flexibility index (Phi) is 5.47. The van der Waals surface area contributed by atoms with Crippen LogP contribution in [-0.4, -0.2) is 53.0 Å². The topological polar surface area (TPSA) is 27.7 Å². The molecular formula is C23H30NO3+. The van der Waals surface area contributed by atoms with Crippen LogP contribution in [0.5, 0.6) is 17.2 Å². The van der Waals surface area contributed by atoms with Gasteiger partial charge in [0, 0.05) is 17.2 Å². The van der Waals surface area contributed by atoms with Crippen molar-refractivity contribution in [3.63, 3.8) is 0 Å². The molecule has 0 heterocycles. The van der Waals surface area contributed by atoms with Crippen LogP contribution in [0.2, 0.25) is 0 Å². The van der Waals surface area contributed by atoms with E-state index in [0.717, 1.165) is 56.2 Å². The fourth-order valence-electron chi connectivity index (χ4n) is 3.48. The average molecular weight is 368 g/mol. The Morgan fingerprint density at radius 2 is 1.59 bits per heavy atom. The summed E-state index contributed by atoms with van der Waals surface area (Å²) in [6.07, 6.45) is 0.988. The van der Waals surface area contributed by atoms with Crippen LogP contribution in [0.15, 0.2) is 36.4 Å². The second-order valence-electron chi connectivity index (χ2n) is 7.85. The zero-order chi connectivity index (χ0) is 19.6. The molecule has 0 fully saturated rings. The van der Waals surface area contributed by atoms with Crippen LogP contribution in [0.1, 0.15) is 12.5 Å². The lowest BCUT2D eigenvalue weighted by atomic mass is 9.97. The lowest BCUT2D eigenvalue weighted by Crippen LogP contribution is -2.36. The van der Waals surface area contributed by atoms with Gasteiger partial charge in [-0.2, -0.15) is 0 Å². The van der Waals surface area contributed by atoms with Crippen LogP contribution in [0.4, 0.5) is 0 Å². The van der Waals surface area contributed by atoms with Gasteiger partial charge in [0.1, 0.15) is 5.75 Å². The predicted molar refractivity (Wildman–Crippen MR) is 112 cm³/mol. The SMILES string of the molecule is CCOc1cc(CC[N+](C)(C)C)cc2c1ccc1ccc(OC)c(OC)c12. The monoisotopic (exact) mass is 368 g/mol. The maximum absolute atomic E-state index is 5.99. The third-order valence-electron chi connectivity index (χ3n) is 4.85. The number of nitrogens with zero attached hydrogens (tertiary/aromatic N) is 1. The lowest BCUT2D eigenvalue weighted by molar-refractivity contribution is -0.870. The molecule has 0 unspecified atom stereocenters. The first-order valence-electron chi connectivity index (χ1n) is 9.41. The highest BCUT2D eigenvalue weighted by Crippen LogP contribution is 2.42. The van der Waals surface area contributed by atoms with Crippen LogP contribution >= 0.6 is 0 Å². The van der Waals surface area contributed by atoms with Crippen LogP contribution in [0.3, 0.4) is 0 Å². The summed E-state index contributed by atoms with van der Waals surface area (Å²) in [4.78, 5) is 0. The Balaban J connectivity index is 2.30. The van der Waals surface area contributed by atoms with Crippen molar-refractivity contribution >= 4 is 21.5 Å². The normalized spacial score (nSPS) is 11.8. The van der Waals surface area contributed by atoms with E-state index in [2.05, 4.69) is 51.5 Å². The molecule has 0 amide bonds. The summed E-state index contributed by atoms with van der Waals surface area (Å²) in [6.45, 7) is 3.72. The van der Waals surface area contributed by atoms with Crippen molar-refractivity contribution in [2.24, 2.45) is 0 Å². The molecule has 4 heteroatoms. The second-order valence-corrected chi connectivity index (χ2v) is 7.85. The number of quaternary nitrogens is 1. The Labute approximate surface area is 161 Å². The molecule has 3 aromatic rings. The quantitative estimate of drug-likeness (QED) is 0.448. The van der Waals surface area contributed by atoms with Gasteiger partial charge < -0.3 is 18.7 Å². The molecule has 0 aliphatic carbocycles. The molecule has 144 valence electrons. The van der Waals surface area contributed by atoms with E-state index in [1.165, 1.54) is 5.56 Å². The van der Waals surface area contributed by atoms with Crippen molar-refractivity contribution < 1.29 is 18.7 Å². The number of benzene rings is 3. The molecule has 0 spiro atoms. The van der Waals surface area contributed by atoms with Gasteiger partial charge in [0.15, 0.2) is 11.5 Å².